The molecule has 0 bridgehead atoms. The van der Waals surface area contributed by atoms with Gasteiger partial charge in [-0.3, -0.25) is 9.89 Å². The van der Waals surface area contributed by atoms with Crippen molar-refractivity contribution in [2.24, 2.45) is 0 Å². The molecule has 6 heteroatoms. The Hall–Kier alpha value is -2.89. The minimum atomic E-state index is -0.203. The minimum Gasteiger partial charge on any atom is -0.304 e. The summed E-state index contributed by atoms with van der Waals surface area (Å²) in [6, 6.07) is 10.1. The van der Waals surface area contributed by atoms with Gasteiger partial charge < -0.3 is 5.32 Å². The molecule has 4 rings (SSSR count). The Kier molecular flexibility index (Phi) is 4.13. The Labute approximate surface area is 159 Å². The van der Waals surface area contributed by atoms with Crippen LogP contribution in [0.2, 0.25) is 0 Å². The van der Waals surface area contributed by atoms with E-state index in [4.69, 9.17) is 0 Å². The number of H-pyrrole nitrogens is 1. The molecule has 1 aliphatic rings. The van der Waals surface area contributed by atoms with Crippen molar-refractivity contribution in [3.8, 4) is 5.69 Å². The van der Waals surface area contributed by atoms with E-state index in [0.717, 1.165) is 41.9 Å². The lowest BCUT2D eigenvalue weighted by Gasteiger charge is -2.14. The molecular weight excluding hydrogens is 338 g/mol. The van der Waals surface area contributed by atoms with Crippen molar-refractivity contribution >= 4 is 11.7 Å². The topological polar surface area (TPSA) is 75.6 Å². The van der Waals surface area contributed by atoms with E-state index in [1.165, 1.54) is 5.56 Å². The number of nitrogens with one attached hydrogen (secondary N) is 2. The van der Waals surface area contributed by atoms with Crippen LogP contribution in [0.4, 0.5) is 5.82 Å². The number of hydrogen-bond donors (Lipinski definition) is 2. The lowest BCUT2D eigenvalue weighted by Crippen LogP contribution is -2.15. The van der Waals surface area contributed by atoms with Crippen LogP contribution in [0.15, 0.2) is 30.3 Å². The number of aromatic amines is 1. The molecule has 1 amide bonds. The third kappa shape index (κ3) is 3.27. The highest BCUT2D eigenvalue weighted by Crippen LogP contribution is 2.29. The number of aromatic nitrogens is 4. The van der Waals surface area contributed by atoms with Gasteiger partial charge in [-0.2, -0.15) is 10.2 Å². The van der Waals surface area contributed by atoms with Crippen LogP contribution in [0, 0.1) is 6.92 Å². The molecule has 0 radical (unpaired) electrons. The number of nitrogens with zero attached hydrogens (tertiary/aromatic N) is 3. The number of benzene rings is 1. The minimum absolute atomic E-state index is 0.0513. The van der Waals surface area contributed by atoms with Gasteiger partial charge >= 0.3 is 0 Å². The van der Waals surface area contributed by atoms with Crippen LogP contribution in [0.5, 0.6) is 0 Å². The third-order valence-corrected chi connectivity index (χ3v) is 5.05. The number of amides is 1. The van der Waals surface area contributed by atoms with Gasteiger partial charge in [0.1, 0.15) is 0 Å². The molecule has 27 heavy (non-hydrogen) atoms. The highest BCUT2D eigenvalue weighted by atomic mass is 16.2. The monoisotopic (exact) mass is 363 g/mol. The molecule has 0 unspecified atom stereocenters. The maximum atomic E-state index is 12.9. The third-order valence-electron chi connectivity index (χ3n) is 5.05. The molecule has 6 nitrogen and oxygen atoms in total. The van der Waals surface area contributed by atoms with Crippen molar-refractivity contribution < 1.29 is 4.79 Å². The molecule has 2 heterocycles. The van der Waals surface area contributed by atoms with Gasteiger partial charge in [0.25, 0.3) is 5.91 Å². The zero-order valence-corrected chi connectivity index (χ0v) is 16.3. The van der Waals surface area contributed by atoms with E-state index in [-0.39, 0.29) is 11.3 Å². The number of aryl methyl sites for hydroxylation is 1. The first-order valence-electron chi connectivity index (χ1n) is 9.38. The molecule has 3 aromatic rings. The molecule has 1 aromatic carbocycles. The van der Waals surface area contributed by atoms with Crippen LogP contribution in [0.1, 0.15) is 60.2 Å². The van der Waals surface area contributed by atoms with Crippen molar-refractivity contribution in [3.05, 3.63) is 58.5 Å². The number of fused-ring (bicyclic) bond motifs is 1. The van der Waals surface area contributed by atoms with Gasteiger partial charge in [0.15, 0.2) is 11.5 Å². The van der Waals surface area contributed by atoms with Gasteiger partial charge in [-0.25, -0.2) is 4.68 Å². The van der Waals surface area contributed by atoms with Gasteiger partial charge in [-0.15, -0.1) is 0 Å². The van der Waals surface area contributed by atoms with E-state index < -0.39 is 0 Å². The first kappa shape index (κ1) is 17.5. The largest absolute Gasteiger partial charge is 0.304 e. The molecule has 0 fully saturated rings. The highest BCUT2D eigenvalue weighted by Gasteiger charge is 2.27. The summed E-state index contributed by atoms with van der Waals surface area (Å²) in [6.45, 7) is 8.36. The standard InChI is InChI=1S/C21H25N5O/c1-13-8-10-14(11-9-13)26-16-7-5-6-15(16)19(25-26)20(27)22-18-12-17(23-24-18)21(2,3)4/h8-12H,5-7H2,1-4H3,(H2,22,23,24,27). The van der Waals surface area contributed by atoms with Crippen LogP contribution in [-0.2, 0) is 18.3 Å². The molecular formula is C21H25N5O. The normalized spacial score (nSPS) is 13.6. The van der Waals surface area contributed by atoms with Crippen molar-refractivity contribution in [3.63, 3.8) is 0 Å². The lowest BCUT2D eigenvalue weighted by molar-refractivity contribution is 0.102. The van der Waals surface area contributed by atoms with Crippen molar-refractivity contribution in [2.75, 3.05) is 5.32 Å². The fraction of sp³-hybridized carbons (Fsp3) is 0.381. The molecule has 0 saturated carbocycles. The summed E-state index contributed by atoms with van der Waals surface area (Å²) in [6.07, 6.45) is 2.88. The zero-order chi connectivity index (χ0) is 19.2. The second kappa shape index (κ2) is 6.37. The van der Waals surface area contributed by atoms with E-state index in [1.54, 1.807) is 0 Å². The molecule has 0 saturated heterocycles. The first-order chi connectivity index (χ1) is 12.8. The molecule has 2 N–H and O–H groups in total. The van der Waals surface area contributed by atoms with Gasteiger partial charge in [-0.1, -0.05) is 38.5 Å². The summed E-state index contributed by atoms with van der Waals surface area (Å²) in [7, 11) is 0. The fourth-order valence-electron chi connectivity index (χ4n) is 3.46. The number of carbonyl (C=O) groups is 1. The van der Waals surface area contributed by atoms with Crippen LogP contribution >= 0.6 is 0 Å². The maximum Gasteiger partial charge on any atom is 0.277 e. The number of rotatable bonds is 3. The summed E-state index contributed by atoms with van der Waals surface area (Å²) in [5.74, 6) is 0.326. The molecule has 0 atom stereocenters. The maximum absolute atomic E-state index is 12.9. The lowest BCUT2D eigenvalue weighted by atomic mass is 9.92. The Balaban J connectivity index is 1.64. The fourth-order valence-corrected chi connectivity index (χ4v) is 3.46. The summed E-state index contributed by atoms with van der Waals surface area (Å²) >= 11 is 0. The number of carbonyl (C=O) groups excluding carboxylic acids is 1. The van der Waals surface area contributed by atoms with E-state index in [1.807, 2.05) is 22.9 Å². The number of anilines is 1. The van der Waals surface area contributed by atoms with Crippen LogP contribution in [0.3, 0.4) is 0 Å². The quantitative estimate of drug-likeness (QED) is 0.740. The Morgan fingerprint density at radius 3 is 2.59 bits per heavy atom. The van der Waals surface area contributed by atoms with E-state index in [2.05, 4.69) is 60.4 Å². The second-order valence-corrected chi connectivity index (χ2v) is 8.25. The van der Waals surface area contributed by atoms with Gasteiger partial charge in [0, 0.05) is 28.4 Å². The zero-order valence-electron chi connectivity index (χ0n) is 16.3. The van der Waals surface area contributed by atoms with Crippen molar-refractivity contribution in [2.45, 2.75) is 52.4 Å². The predicted molar refractivity (Wildman–Crippen MR) is 106 cm³/mol. The van der Waals surface area contributed by atoms with E-state index >= 15 is 0 Å². The summed E-state index contributed by atoms with van der Waals surface area (Å²) < 4.78 is 1.92. The molecule has 0 spiro atoms. The van der Waals surface area contributed by atoms with Crippen molar-refractivity contribution in [1.29, 1.82) is 0 Å². The summed E-state index contributed by atoms with van der Waals surface area (Å²) in [5, 5.41) is 14.8. The Morgan fingerprint density at radius 2 is 1.93 bits per heavy atom. The number of hydrogen-bond acceptors (Lipinski definition) is 3. The predicted octanol–water partition coefficient (Wildman–Crippen LogP) is 3.94. The van der Waals surface area contributed by atoms with E-state index in [9.17, 15) is 4.79 Å². The average molecular weight is 363 g/mol. The van der Waals surface area contributed by atoms with Crippen LogP contribution in [0.25, 0.3) is 5.69 Å². The second-order valence-electron chi connectivity index (χ2n) is 8.25. The van der Waals surface area contributed by atoms with Crippen LogP contribution in [-0.4, -0.2) is 25.9 Å². The Bertz CT molecular complexity index is 989. The van der Waals surface area contributed by atoms with Gasteiger partial charge in [-0.05, 0) is 38.3 Å². The molecule has 140 valence electrons. The first-order valence-corrected chi connectivity index (χ1v) is 9.38. The summed E-state index contributed by atoms with van der Waals surface area (Å²) in [5.41, 5.74) is 5.82. The Morgan fingerprint density at radius 1 is 1.19 bits per heavy atom. The molecule has 0 aliphatic heterocycles. The average Bonchev–Trinajstić information content (AvgIpc) is 3.30. The molecule has 1 aliphatic carbocycles. The SMILES string of the molecule is Cc1ccc(-n2nc(C(=O)Nc3cc(C(C)(C)C)[nH]n3)c3c2CCC3)cc1. The van der Waals surface area contributed by atoms with Gasteiger partial charge in [0.2, 0.25) is 0 Å². The molecule has 2 aromatic heterocycles. The smallest absolute Gasteiger partial charge is 0.277 e. The van der Waals surface area contributed by atoms with Crippen molar-refractivity contribution in [1.82, 2.24) is 20.0 Å². The van der Waals surface area contributed by atoms with Gasteiger partial charge in [0.05, 0.1) is 5.69 Å². The van der Waals surface area contributed by atoms with E-state index in [0.29, 0.717) is 11.5 Å². The summed E-state index contributed by atoms with van der Waals surface area (Å²) in [4.78, 5) is 12.9. The highest BCUT2D eigenvalue weighted by molar-refractivity contribution is 6.03. The van der Waals surface area contributed by atoms with Crippen LogP contribution < -0.4 is 5.32 Å².